The van der Waals surface area contributed by atoms with Gasteiger partial charge in [0.15, 0.2) is 11.5 Å². The summed E-state index contributed by atoms with van der Waals surface area (Å²) in [7, 11) is 0. The van der Waals surface area contributed by atoms with Crippen LogP contribution in [0.1, 0.15) is 19.2 Å². The molecule has 0 spiro atoms. The van der Waals surface area contributed by atoms with Gasteiger partial charge < -0.3 is 19.8 Å². The van der Waals surface area contributed by atoms with E-state index in [0.29, 0.717) is 13.2 Å². The van der Waals surface area contributed by atoms with Crippen LogP contribution >= 0.6 is 0 Å². The first kappa shape index (κ1) is 12.3. The topological polar surface area (TPSA) is 59.2 Å². The molecule has 5 heteroatoms. The zero-order chi connectivity index (χ0) is 13.1. The maximum atomic E-state index is 5.57. The Labute approximate surface area is 112 Å². The quantitative estimate of drug-likeness (QED) is 0.807. The Balaban J connectivity index is 1.76. The van der Waals surface area contributed by atoms with Gasteiger partial charge in [0.25, 0.3) is 0 Å². The number of hydrogen-bond donors (Lipinski definition) is 2. The van der Waals surface area contributed by atoms with Crippen molar-refractivity contribution < 1.29 is 9.47 Å². The van der Waals surface area contributed by atoms with Crippen molar-refractivity contribution in [2.24, 2.45) is 0 Å². The molecule has 19 heavy (non-hydrogen) atoms. The van der Waals surface area contributed by atoms with Crippen LogP contribution in [0.2, 0.25) is 0 Å². The van der Waals surface area contributed by atoms with Crippen LogP contribution in [0.4, 0.5) is 0 Å². The molecule has 0 amide bonds. The van der Waals surface area contributed by atoms with Crippen LogP contribution in [-0.4, -0.2) is 36.3 Å². The molecule has 1 aromatic heterocycles. The Morgan fingerprint density at radius 3 is 2.79 bits per heavy atom. The number of aromatic amines is 1. The minimum Gasteiger partial charge on any atom is -0.486 e. The second kappa shape index (κ2) is 5.48. The lowest BCUT2D eigenvalue weighted by Gasteiger charge is -2.17. The van der Waals surface area contributed by atoms with Crippen molar-refractivity contribution in [3.8, 4) is 11.5 Å². The molecular formula is C14H19N3O2. The van der Waals surface area contributed by atoms with Gasteiger partial charge in [-0.05, 0) is 13.0 Å². The number of rotatable bonds is 5. The van der Waals surface area contributed by atoms with Crippen molar-refractivity contribution in [1.82, 2.24) is 15.3 Å². The van der Waals surface area contributed by atoms with Crippen LogP contribution in [0.15, 0.2) is 12.1 Å². The summed E-state index contributed by atoms with van der Waals surface area (Å²) in [6, 6.07) is 3.92. The minimum atomic E-state index is 0.608. The highest BCUT2D eigenvalue weighted by atomic mass is 16.6. The first-order chi connectivity index (χ1) is 9.36. The number of imidazole rings is 1. The molecular weight excluding hydrogens is 242 g/mol. The Bertz CT molecular complexity index is 522. The van der Waals surface area contributed by atoms with Gasteiger partial charge in [-0.15, -0.1) is 0 Å². The molecule has 1 aliphatic heterocycles. The van der Waals surface area contributed by atoms with Crippen molar-refractivity contribution in [1.29, 1.82) is 0 Å². The third-order valence-corrected chi connectivity index (χ3v) is 3.16. The first-order valence-corrected chi connectivity index (χ1v) is 6.86. The number of hydrogen-bond acceptors (Lipinski definition) is 4. The van der Waals surface area contributed by atoms with Crippen molar-refractivity contribution >= 4 is 11.0 Å². The lowest BCUT2D eigenvalue weighted by molar-refractivity contribution is 0.172. The van der Waals surface area contributed by atoms with Gasteiger partial charge in [-0.2, -0.15) is 0 Å². The van der Waals surface area contributed by atoms with Gasteiger partial charge in [0, 0.05) is 25.1 Å². The van der Waals surface area contributed by atoms with Crippen LogP contribution in [-0.2, 0) is 6.42 Å². The third-order valence-electron chi connectivity index (χ3n) is 3.16. The normalized spacial score (nSPS) is 13.9. The van der Waals surface area contributed by atoms with E-state index in [4.69, 9.17) is 9.47 Å². The lowest BCUT2D eigenvalue weighted by Crippen LogP contribution is -2.18. The first-order valence-electron chi connectivity index (χ1n) is 6.86. The van der Waals surface area contributed by atoms with Crippen molar-refractivity contribution in [3.63, 3.8) is 0 Å². The lowest BCUT2D eigenvalue weighted by atomic mass is 10.2. The Kier molecular flexibility index (Phi) is 3.55. The van der Waals surface area contributed by atoms with E-state index in [1.54, 1.807) is 0 Å². The predicted octanol–water partition coefficient (Wildman–Crippen LogP) is 1.88. The van der Waals surface area contributed by atoms with Crippen LogP contribution in [0.25, 0.3) is 11.0 Å². The second-order valence-corrected chi connectivity index (χ2v) is 4.70. The summed E-state index contributed by atoms with van der Waals surface area (Å²) in [6.45, 7) is 5.38. The maximum Gasteiger partial charge on any atom is 0.163 e. The van der Waals surface area contributed by atoms with E-state index >= 15 is 0 Å². The number of nitrogens with zero attached hydrogens (tertiary/aromatic N) is 1. The van der Waals surface area contributed by atoms with Gasteiger partial charge in [-0.1, -0.05) is 6.92 Å². The van der Waals surface area contributed by atoms with Crippen molar-refractivity contribution in [2.75, 3.05) is 26.3 Å². The number of ether oxygens (including phenoxy) is 2. The van der Waals surface area contributed by atoms with Crippen LogP contribution in [0.3, 0.4) is 0 Å². The van der Waals surface area contributed by atoms with Gasteiger partial charge in [-0.3, -0.25) is 0 Å². The molecule has 0 atom stereocenters. The molecule has 3 rings (SSSR count). The largest absolute Gasteiger partial charge is 0.486 e. The molecule has 0 saturated carbocycles. The molecule has 102 valence electrons. The highest BCUT2D eigenvalue weighted by Gasteiger charge is 2.14. The number of nitrogens with one attached hydrogen (secondary N) is 2. The number of aromatic nitrogens is 2. The zero-order valence-corrected chi connectivity index (χ0v) is 11.2. The van der Waals surface area contributed by atoms with Gasteiger partial charge in [0.2, 0.25) is 0 Å². The summed E-state index contributed by atoms with van der Waals surface area (Å²) in [4.78, 5) is 7.92. The number of H-pyrrole nitrogens is 1. The third kappa shape index (κ3) is 2.66. The molecule has 0 aliphatic carbocycles. The summed E-state index contributed by atoms with van der Waals surface area (Å²) in [5.41, 5.74) is 1.95. The summed E-state index contributed by atoms with van der Waals surface area (Å²) >= 11 is 0. The zero-order valence-electron chi connectivity index (χ0n) is 11.2. The van der Waals surface area contributed by atoms with Crippen LogP contribution in [0, 0.1) is 0 Å². The molecule has 0 radical (unpaired) electrons. The molecule has 0 bridgehead atoms. The smallest absolute Gasteiger partial charge is 0.163 e. The molecule has 2 N–H and O–H groups in total. The van der Waals surface area contributed by atoms with E-state index in [-0.39, 0.29) is 0 Å². The molecule has 0 unspecified atom stereocenters. The van der Waals surface area contributed by atoms with E-state index in [1.807, 2.05) is 12.1 Å². The van der Waals surface area contributed by atoms with Crippen molar-refractivity contribution in [2.45, 2.75) is 19.8 Å². The minimum absolute atomic E-state index is 0.608. The van der Waals surface area contributed by atoms with E-state index in [2.05, 4.69) is 22.2 Å². The number of fused-ring (bicyclic) bond motifs is 2. The van der Waals surface area contributed by atoms with E-state index in [9.17, 15) is 0 Å². The Hall–Kier alpha value is -1.75. The molecule has 1 aromatic carbocycles. The van der Waals surface area contributed by atoms with Crippen LogP contribution in [0.5, 0.6) is 11.5 Å². The summed E-state index contributed by atoms with van der Waals surface area (Å²) in [5, 5.41) is 3.37. The van der Waals surface area contributed by atoms with Gasteiger partial charge in [0.1, 0.15) is 19.0 Å². The summed E-state index contributed by atoms with van der Waals surface area (Å²) in [5.74, 6) is 2.60. The standard InChI is InChI=1S/C14H19N3O2/c1-2-4-15-5-3-14-16-10-8-12-13(9-11(10)17-14)19-7-6-18-12/h8-9,15H,2-7H2,1H3,(H,16,17). The van der Waals surface area contributed by atoms with E-state index < -0.39 is 0 Å². The molecule has 0 fully saturated rings. The molecule has 0 saturated heterocycles. The molecule has 1 aliphatic rings. The maximum absolute atomic E-state index is 5.57. The SMILES string of the molecule is CCCNCCc1nc2cc3c(cc2[nH]1)OCCO3. The molecule has 2 aromatic rings. The average Bonchev–Trinajstić information content (AvgIpc) is 2.82. The summed E-state index contributed by atoms with van der Waals surface area (Å²) in [6.07, 6.45) is 2.06. The Morgan fingerprint density at radius 1 is 1.21 bits per heavy atom. The predicted molar refractivity (Wildman–Crippen MR) is 73.9 cm³/mol. The monoisotopic (exact) mass is 261 g/mol. The van der Waals surface area contributed by atoms with E-state index in [1.165, 1.54) is 0 Å². The highest BCUT2D eigenvalue weighted by Crippen LogP contribution is 2.33. The van der Waals surface area contributed by atoms with Crippen molar-refractivity contribution in [3.05, 3.63) is 18.0 Å². The van der Waals surface area contributed by atoms with Gasteiger partial charge in [-0.25, -0.2) is 4.98 Å². The fourth-order valence-electron chi connectivity index (χ4n) is 2.23. The van der Waals surface area contributed by atoms with E-state index in [0.717, 1.165) is 54.3 Å². The van der Waals surface area contributed by atoms with Gasteiger partial charge in [0.05, 0.1) is 11.0 Å². The average molecular weight is 261 g/mol. The second-order valence-electron chi connectivity index (χ2n) is 4.70. The molecule has 2 heterocycles. The summed E-state index contributed by atoms with van der Waals surface area (Å²) < 4.78 is 11.1. The van der Waals surface area contributed by atoms with Crippen LogP contribution < -0.4 is 14.8 Å². The fraction of sp³-hybridized carbons (Fsp3) is 0.500. The highest BCUT2D eigenvalue weighted by molar-refractivity contribution is 5.79. The fourth-order valence-corrected chi connectivity index (χ4v) is 2.23. The Morgan fingerprint density at radius 2 is 2.00 bits per heavy atom. The molecule has 5 nitrogen and oxygen atoms in total. The van der Waals surface area contributed by atoms with Gasteiger partial charge >= 0.3 is 0 Å². The number of benzene rings is 1.